The Labute approximate surface area is 172 Å². The van der Waals surface area contributed by atoms with Crippen molar-refractivity contribution in [3.63, 3.8) is 0 Å². The maximum atomic E-state index is 12.9. The van der Waals surface area contributed by atoms with E-state index in [4.69, 9.17) is 18.9 Å². The number of fused-ring (bicyclic) bond motifs is 1. The fourth-order valence-corrected chi connectivity index (χ4v) is 2.80. The van der Waals surface area contributed by atoms with Gasteiger partial charge in [-0.05, 0) is 43.3 Å². The van der Waals surface area contributed by atoms with Crippen LogP contribution in [0.4, 0.5) is 0 Å². The minimum atomic E-state index is -0.892. The summed E-state index contributed by atoms with van der Waals surface area (Å²) in [4.78, 5) is 28.9. The van der Waals surface area contributed by atoms with Gasteiger partial charge in [0.1, 0.15) is 23.6 Å². The van der Waals surface area contributed by atoms with Crippen LogP contribution in [0.5, 0.6) is 11.5 Å². The van der Waals surface area contributed by atoms with E-state index in [1.165, 1.54) is 13.2 Å². The van der Waals surface area contributed by atoms with Gasteiger partial charge in [-0.15, -0.1) is 0 Å². The zero-order chi connectivity index (χ0) is 21.7. The summed E-state index contributed by atoms with van der Waals surface area (Å²) in [6.45, 7) is 1.84. The molecule has 0 N–H and O–H groups in total. The monoisotopic (exact) mass is 412 g/mol. The van der Waals surface area contributed by atoms with E-state index in [2.05, 4.69) is 4.98 Å². The quantitative estimate of drug-likeness (QED) is 0.330. The number of carbonyl (C=O) groups is 2. The Kier molecular flexibility index (Phi) is 6.31. The van der Waals surface area contributed by atoms with E-state index in [1.54, 1.807) is 36.4 Å². The van der Waals surface area contributed by atoms with E-state index < -0.39 is 11.9 Å². The number of nitrogens with zero attached hydrogens (tertiary/aromatic N) is 2. The summed E-state index contributed by atoms with van der Waals surface area (Å²) in [5.41, 5.74) is 0.354. The van der Waals surface area contributed by atoms with Crippen LogP contribution in [0, 0.1) is 5.21 Å². The minimum Gasteiger partial charge on any atom is -0.618 e. The second-order valence-electron chi connectivity index (χ2n) is 6.08. The molecule has 0 saturated heterocycles. The van der Waals surface area contributed by atoms with Gasteiger partial charge in [0.2, 0.25) is 5.52 Å². The molecule has 0 saturated carbocycles. The Morgan fingerprint density at radius 3 is 2.37 bits per heavy atom. The topological polar surface area (TPSA) is 111 Å². The first-order valence-electron chi connectivity index (χ1n) is 9.07. The molecule has 0 unspecified atom stereocenters. The Morgan fingerprint density at radius 2 is 1.73 bits per heavy atom. The first-order chi connectivity index (χ1) is 14.5. The van der Waals surface area contributed by atoms with Crippen LogP contribution in [0.1, 0.15) is 33.5 Å². The molecule has 3 rings (SSSR count). The number of benzene rings is 2. The van der Waals surface area contributed by atoms with Crippen molar-refractivity contribution in [2.45, 2.75) is 13.5 Å². The molecule has 0 amide bonds. The van der Waals surface area contributed by atoms with E-state index in [0.29, 0.717) is 28.4 Å². The maximum absolute atomic E-state index is 12.9. The third-order valence-corrected chi connectivity index (χ3v) is 4.25. The Hall–Kier alpha value is -3.88. The summed E-state index contributed by atoms with van der Waals surface area (Å²) in [6, 6.07) is 11.0. The molecule has 1 heterocycles. The zero-order valence-corrected chi connectivity index (χ0v) is 16.7. The standard InChI is InChI=1S/C21H20N2O7/c1-4-29-15-9-10-16-18(11-15)23(26)19(21(25)28-3)17(22-16)12-30-20(24)13-5-7-14(27-2)8-6-13/h5-11H,4,12H2,1-3H3. The number of hydrogen-bond acceptors (Lipinski definition) is 8. The lowest BCUT2D eigenvalue weighted by Crippen LogP contribution is -2.38. The molecule has 0 radical (unpaired) electrons. The van der Waals surface area contributed by atoms with Gasteiger partial charge in [0.05, 0.1) is 32.5 Å². The molecular formula is C21H20N2O7. The van der Waals surface area contributed by atoms with Crippen molar-refractivity contribution in [2.24, 2.45) is 0 Å². The molecule has 0 atom stereocenters. The van der Waals surface area contributed by atoms with Gasteiger partial charge in [-0.2, -0.15) is 4.73 Å². The highest BCUT2D eigenvalue weighted by Crippen LogP contribution is 2.20. The summed E-state index contributed by atoms with van der Waals surface area (Å²) in [6.07, 6.45) is 0. The van der Waals surface area contributed by atoms with Gasteiger partial charge in [0.15, 0.2) is 5.69 Å². The number of hydrogen-bond donors (Lipinski definition) is 0. The van der Waals surface area contributed by atoms with Crippen LogP contribution in [-0.2, 0) is 16.1 Å². The van der Waals surface area contributed by atoms with E-state index >= 15 is 0 Å². The van der Waals surface area contributed by atoms with E-state index in [1.807, 2.05) is 6.92 Å². The second kappa shape index (κ2) is 9.08. The molecule has 0 aliphatic carbocycles. The molecule has 0 spiro atoms. The molecular weight excluding hydrogens is 392 g/mol. The molecule has 0 bridgehead atoms. The van der Waals surface area contributed by atoms with Crippen molar-refractivity contribution in [3.05, 3.63) is 64.6 Å². The lowest BCUT2D eigenvalue weighted by molar-refractivity contribution is -0.581. The lowest BCUT2D eigenvalue weighted by Gasteiger charge is -2.12. The molecule has 2 aromatic carbocycles. The molecule has 0 aliphatic heterocycles. The number of rotatable bonds is 7. The molecule has 30 heavy (non-hydrogen) atoms. The van der Waals surface area contributed by atoms with Crippen molar-refractivity contribution in [1.29, 1.82) is 0 Å². The summed E-state index contributed by atoms with van der Waals surface area (Å²) >= 11 is 0. The zero-order valence-electron chi connectivity index (χ0n) is 16.7. The predicted octanol–water partition coefficient (Wildman–Crippen LogP) is 2.42. The number of ether oxygens (including phenoxy) is 4. The van der Waals surface area contributed by atoms with Crippen LogP contribution >= 0.6 is 0 Å². The van der Waals surface area contributed by atoms with Gasteiger partial charge in [-0.3, -0.25) is 0 Å². The summed E-state index contributed by atoms with van der Waals surface area (Å²) in [5.74, 6) is -0.475. The molecule has 9 nitrogen and oxygen atoms in total. The SMILES string of the molecule is CCOc1ccc2nc(COC(=O)c3ccc(OC)cc3)c(C(=O)OC)[n+]([O-])c2c1. The smallest absolute Gasteiger partial charge is 0.406 e. The number of methoxy groups -OCH3 is 2. The van der Waals surface area contributed by atoms with Crippen LogP contribution in [-0.4, -0.2) is 37.7 Å². The molecule has 0 fully saturated rings. The second-order valence-corrected chi connectivity index (χ2v) is 6.08. The molecule has 3 aromatic rings. The predicted molar refractivity (Wildman–Crippen MR) is 105 cm³/mol. The lowest BCUT2D eigenvalue weighted by atomic mass is 10.2. The van der Waals surface area contributed by atoms with E-state index in [-0.39, 0.29) is 29.1 Å². The Morgan fingerprint density at radius 1 is 1.03 bits per heavy atom. The molecule has 1 aromatic heterocycles. The van der Waals surface area contributed by atoms with E-state index in [9.17, 15) is 14.8 Å². The normalized spacial score (nSPS) is 10.5. The highest BCUT2D eigenvalue weighted by molar-refractivity contribution is 5.90. The maximum Gasteiger partial charge on any atom is 0.406 e. The van der Waals surface area contributed by atoms with Crippen molar-refractivity contribution in [1.82, 2.24) is 4.98 Å². The van der Waals surface area contributed by atoms with Gasteiger partial charge >= 0.3 is 17.6 Å². The highest BCUT2D eigenvalue weighted by atomic mass is 16.5. The highest BCUT2D eigenvalue weighted by Gasteiger charge is 2.28. The van der Waals surface area contributed by atoms with Gasteiger partial charge < -0.3 is 24.2 Å². The largest absolute Gasteiger partial charge is 0.618 e. The fraction of sp³-hybridized carbons (Fsp3) is 0.238. The van der Waals surface area contributed by atoms with Crippen LogP contribution in [0.3, 0.4) is 0 Å². The first-order valence-corrected chi connectivity index (χ1v) is 9.07. The molecule has 0 aliphatic rings. The van der Waals surface area contributed by atoms with Crippen LogP contribution in [0.15, 0.2) is 42.5 Å². The van der Waals surface area contributed by atoms with Crippen LogP contribution < -0.4 is 14.2 Å². The van der Waals surface area contributed by atoms with Gasteiger partial charge in [-0.1, -0.05) is 0 Å². The third-order valence-electron chi connectivity index (χ3n) is 4.25. The van der Waals surface area contributed by atoms with Crippen molar-refractivity contribution >= 4 is 23.0 Å². The number of carbonyl (C=O) groups excluding carboxylic acids is 2. The van der Waals surface area contributed by atoms with Gasteiger partial charge in [-0.25, -0.2) is 14.6 Å². The van der Waals surface area contributed by atoms with Crippen LogP contribution in [0.25, 0.3) is 11.0 Å². The molecule has 9 heteroatoms. The van der Waals surface area contributed by atoms with E-state index in [0.717, 1.165) is 7.11 Å². The number of esters is 2. The third kappa shape index (κ3) is 4.24. The van der Waals surface area contributed by atoms with Gasteiger partial charge in [0, 0.05) is 0 Å². The van der Waals surface area contributed by atoms with Crippen LogP contribution in [0.2, 0.25) is 0 Å². The first kappa shape index (κ1) is 20.8. The fourth-order valence-electron chi connectivity index (χ4n) is 2.80. The average molecular weight is 412 g/mol. The minimum absolute atomic E-state index is 0.0182. The van der Waals surface area contributed by atoms with Crippen molar-refractivity contribution in [3.8, 4) is 11.5 Å². The number of aromatic nitrogens is 2. The molecule has 156 valence electrons. The summed E-state index contributed by atoms with van der Waals surface area (Å²) in [7, 11) is 2.67. The van der Waals surface area contributed by atoms with Crippen molar-refractivity contribution < 1.29 is 33.3 Å². The summed E-state index contributed by atoms with van der Waals surface area (Å²) < 4.78 is 20.8. The van der Waals surface area contributed by atoms with Gasteiger partial charge in [0.25, 0.3) is 0 Å². The average Bonchev–Trinajstić information content (AvgIpc) is 2.77. The Balaban J connectivity index is 1.94. The Bertz CT molecular complexity index is 1080. The summed E-state index contributed by atoms with van der Waals surface area (Å²) in [5, 5.41) is 12.9. The van der Waals surface area contributed by atoms with Crippen molar-refractivity contribution in [2.75, 3.05) is 20.8 Å².